The van der Waals surface area contributed by atoms with Crippen LogP contribution in [-0.2, 0) is 4.74 Å². The molecule has 0 aromatic heterocycles. The van der Waals surface area contributed by atoms with Crippen LogP contribution in [-0.4, -0.2) is 30.0 Å². The fourth-order valence-corrected chi connectivity index (χ4v) is 2.17. The van der Waals surface area contributed by atoms with Crippen molar-refractivity contribution in [2.24, 2.45) is 0 Å². The number of nitrogens with one attached hydrogen (secondary N) is 1. The number of carbonyl (C=O) groups excluding carboxylic acids is 1. The monoisotopic (exact) mass is 365 g/mol. The van der Waals surface area contributed by atoms with Crippen LogP contribution in [0.1, 0.15) is 20.8 Å². The third-order valence-corrected chi connectivity index (χ3v) is 3.18. The molecule has 0 aliphatic carbocycles. The normalized spacial score (nSPS) is 11.1. The number of amides is 1. The summed E-state index contributed by atoms with van der Waals surface area (Å²) in [7, 11) is 0. The van der Waals surface area contributed by atoms with Crippen LogP contribution >= 0.6 is 0 Å². The molecule has 0 bridgehead atoms. The van der Waals surface area contributed by atoms with E-state index < -0.39 is 23.3 Å². The van der Waals surface area contributed by atoms with Crippen LogP contribution in [0, 0.1) is 11.6 Å². The van der Waals surface area contributed by atoms with E-state index in [1.54, 1.807) is 26.8 Å². The van der Waals surface area contributed by atoms with Crippen LogP contribution in [0.4, 0.5) is 13.6 Å². The largest absolute Gasteiger partial charge is 0.504 e. The fraction of sp³-hybridized carbons (Fsp3) is 0.316. The Balaban J connectivity index is 1.93. The summed E-state index contributed by atoms with van der Waals surface area (Å²) < 4.78 is 37.1. The predicted octanol–water partition coefficient (Wildman–Crippen LogP) is 4.24. The van der Waals surface area contributed by atoms with Gasteiger partial charge in [0.2, 0.25) is 0 Å². The van der Waals surface area contributed by atoms with Gasteiger partial charge in [0, 0.05) is 6.07 Å². The van der Waals surface area contributed by atoms with Crippen LogP contribution in [0.5, 0.6) is 11.5 Å². The molecule has 2 aromatic carbocycles. The van der Waals surface area contributed by atoms with Gasteiger partial charge >= 0.3 is 6.09 Å². The van der Waals surface area contributed by atoms with Crippen LogP contribution in [0.2, 0.25) is 0 Å². The molecule has 0 saturated carbocycles. The molecule has 0 aliphatic heterocycles. The van der Waals surface area contributed by atoms with Crippen LogP contribution in [0.25, 0.3) is 11.1 Å². The average molecular weight is 365 g/mol. The van der Waals surface area contributed by atoms with Crippen molar-refractivity contribution in [3.63, 3.8) is 0 Å². The lowest BCUT2D eigenvalue weighted by Crippen LogP contribution is -2.34. The van der Waals surface area contributed by atoms with E-state index in [1.807, 2.05) is 0 Å². The SMILES string of the molecule is CC(C)(C)OC(=O)NCCOc1ccc(-c2cc(F)cc(F)c2)cc1O. The maximum atomic E-state index is 13.3. The molecule has 0 fully saturated rings. The molecule has 2 rings (SSSR count). The van der Waals surface area contributed by atoms with Crippen LogP contribution in [0.3, 0.4) is 0 Å². The Bertz CT molecular complexity index is 767. The topological polar surface area (TPSA) is 67.8 Å². The first-order valence-electron chi connectivity index (χ1n) is 8.03. The van der Waals surface area contributed by atoms with Crippen molar-refractivity contribution >= 4 is 6.09 Å². The summed E-state index contributed by atoms with van der Waals surface area (Å²) in [4.78, 5) is 11.5. The molecule has 1 amide bonds. The van der Waals surface area contributed by atoms with Crippen molar-refractivity contribution in [1.82, 2.24) is 5.32 Å². The Labute approximate surface area is 150 Å². The van der Waals surface area contributed by atoms with Crippen molar-refractivity contribution < 1.29 is 28.2 Å². The van der Waals surface area contributed by atoms with E-state index in [-0.39, 0.29) is 24.7 Å². The summed E-state index contributed by atoms with van der Waals surface area (Å²) in [5, 5.41) is 12.6. The predicted molar refractivity (Wildman–Crippen MR) is 93.2 cm³/mol. The Kier molecular flexibility index (Phi) is 6.02. The highest BCUT2D eigenvalue weighted by Gasteiger charge is 2.15. The van der Waals surface area contributed by atoms with E-state index in [4.69, 9.17) is 9.47 Å². The summed E-state index contributed by atoms with van der Waals surface area (Å²) in [6, 6.07) is 7.53. The first-order valence-corrected chi connectivity index (χ1v) is 8.03. The second-order valence-electron chi connectivity index (χ2n) is 6.62. The molecular formula is C19H21F2NO4. The molecule has 0 aliphatic rings. The molecule has 0 spiro atoms. The second-order valence-corrected chi connectivity index (χ2v) is 6.62. The van der Waals surface area contributed by atoms with Gasteiger partial charge in [-0.05, 0) is 56.2 Å². The van der Waals surface area contributed by atoms with E-state index in [0.29, 0.717) is 11.1 Å². The molecule has 26 heavy (non-hydrogen) atoms. The molecule has 0 heterocycles. The number of carbonyl (C=O) groups is 1. The molecule has 5 nitrogen and oxygen atoms in total. The number of phenolic OH excluding ortho intramolecular Hbond substituents is 1. The van der Waals surface area contributed by atoms with Crippen LogP contribution in [0.15, 0.2) is 36.4 Å². The van der Waals surface area contributed by atoms with Gasteiger partial charge in [0.05, 0.1) is 6.54 Å². The number of ether oxygens (including phenoxy) is 2. The van der Waals surface area contributed by atoms with Crippen molar-refractivity contribution in [2.75, 3.05) is 13.2 Å². The summed E-state index contributed by atoms with van der Waals surface area (Å²) in [6.45, 7) is 5.57. The Morgan fingerprint density at radius 1 is 1.08 bits per heavy atom. The number of alkyl carbamates (subject to hydrolysis) is 1. The van der Waals surface area contributed by atoms with Gasteiger partial charge in [0.15, 0.2) is 11.5 Å². The summed E-state index contributed by atoms with van der Waals surface area (Å²) >= 11 is 0. The maximum absolute atomic E-state index is 13.3. The highest BCUT2D eigenvalue weighted by atomic mass is 19.1. The van der Waals surface area contributed by atoms with Gasteiger partial charge < -0.3 is 19.9 Å². The van der Waals surface area contributed by atoms with Gasteiger partial charge in [-0.3, -0.25) is 0 Å². The molecule has 7 heteroatoms. The van der Waals surface area contributed by atoms with E-state index in [9.17, 15) is 18.7 Å². The number of hydrogen-bond donors (Lipinski definition) is 2. The second kappa shape index (κ2) is 8.03. The van der Waals surface area contributed by atoms with Gasteiger partial charge in [-0.15, -0.1) is 0 Å². The molecular weight excluding hydrogens is 344 g/mol. The lowest BCUT2D eigenvalue weighted by atomic mass is 10.0. The van der Waals surface area contributed by atoms with Gasteiger partial charge in [-0.2, -0.15) is 0 Å². The zero-order valence-corrected chi connectivity index (χ0v) is 14.8. The Morgan fingerprint density at radius 2 is 1.73 bits per heavy atom. The van der Waals surface area contributed by atoms with Gasteiger partial charge in [-0.25, -0.2) is 13.6 Å². The summed E-state index contributed by atoms with van der Waals surface area (Å²) in [5.41, 5.74) is 0.158. The molecule has 2 aromatic rings. The third kappa shape index (κ3) is 5.91. The molecule has 140 valence electrons. The van der Waals surface area contributed by atoms with Crippen LogP contribution < -0.4 is 10.1 Å². The lowest BCUT2D eigenvalue weighted by molar-refractivity contribution is 0.0520. The van der Waals surface area contributed by atoms with Gasteiger partial charge in [0.1, 0.15) is 23.8 Å². The third-order valence-electron chi connectivity index (χ3n) is 3.18. The van der Waals surface area contributed by atoms with Crippen molar-refractivity contribution in [3.05, 3.63) is 48.0 Å². The van der Waals surface area contributed by atoms with E-state index in [0.717, 1.165) is 6.07 Å². The minimum absolute atomic E-state index is 0.112. The van der Waals surface area contributed by atoms with Gasteiger partial charge in [0.25, 0.3) is 0 Å². The zero-order chi connectivity index (χ0) is 19.3. The number of phenols is 1. The highest BCUT2D eigenvalue weighted by molar-refractivity contribution is 5.68. The summed E-state index contributed by atoms with van der Waals surface area (Å²) in [5.74, 6) is -1.39. The van der Waals surface area contributed by atoms with Crippen molar-refractivity contribution in [1.29, 1.82) is 0 Å². The number of aromatic hydroxyl groups is 1. The Hall–Kier alpha value is -2.83. The Morgan fingerprint density at radius 3 is 2.31 bits per heavy atom. The van der Waals surface area contributed by atoms with Crippen molar-refractivity contribution in [3.8, 4) is 22.6 Å². The standard InChI is InChI=1S/C19H21F2NO4/c1-19(2,3)26-18(24)22-6-7-25-17-5-4-12(10-16(17)23)13-8-14(20)11-15(21)9-13/h4-5,8-11,23H,6-7H2,1-3H3,(H,22,24). The first kappa shape index (κ1) is 19.5. The number of hydrogen-bond acceptors (Lipinski definition) is 4. The minimum Gasteiger partial charge on any atom is -0.504 e. The molecule has 0 atom stereocenters. The first-order chi connectivity index (χ1) is 12.1. The number of halogens is 2. The molecule has 2 N–H and O–H groups in total. The quantitative estimate of drug-likeness (QED) is 0.778. The fourth-order valence-electron chi connectivity index (χ4n) is 2.17. The van der Waals surface area contributed by atoms with E-state index >= 15 is 0 Å². The number of benzene rings is 2. The zero-order valence-electron chi connectivity index (χ0n) is 14.8. The number of rotatable bonds is 5. The highest BCUT2D eigenvalue weighted by Crippen LogP contribution is 2.32. The lowest BCUT2D eigenvalue weighted by Gasteiger charge is -2.19. The minimum atomic E-state index is -0.701. The van der Waals surface area contributed by atoms with Gasteiger partial charge in [-0.1, -0.05) is 6.07 Å². The van der Waals surface area contributed by atoms with E-state index in [1.165, 1.54) is 24.3 Å². The van der Waals surface area contributed by atoms with E-state index in [2.05, 4.69) is 5.32 Å². The van der Waals surface area contributed by atoms with Crippen molar-refractivity contribution in [2.45, 2.75) is 26.4 Å². The smallest absolute Gasteiger partial charge is 0.407 e. The molecule has 0 radical (unpaired) electrons. The average Bonchev–Trinajstić information content (AvgIpc) is 2.50. The molecule has 0 saturated heterocycles. The summed E-state index contributed by atoms with van der Waals surface area (Å²) in [6.07, 6.45) is -0.561. The molecule has 0 unspecified atom stereocenters. The maximum Gasteiger partial charge on any atom is 0.407 e.